The van der Waals surface area contributed by atoms with Crippen LogP contribution in [-0.4, -0.2) is 25.0 Å². The summed E-state index contributed by atoms with van der Waals surface area (Å²) in [5, 5.41) is 12.1. The number of ketones is 1. The van der Waals surface area contributed by atoms with Crippen molar-refractivity contribution in [2.75, 3.05) is 0 Å². The number of imidazole rings is 1. The quantitative estimate of drug-likeness (QED) is 0.0695. The first-order chi connectivity index (χ1) is 22.3. The maximum atomic E-state index is 11.7. The second-order valence-electron chi connectivity index (χ2n) is 13.4. The van der Waals surface area contributed by atoms with Crippen LogP contribution in [-0.2, 0) is 44.4 Å². The zero-order valence-electron chi connectivity index (χ0n) is 29.9. The van der Waals surface area contributed by atoms with Gasteiger partial charge in [-0.3, -0.25) is 9.78 Å². The summed E-state index contributed by atoms with van der Waals surface area (Å²) in [6.07, 6.45) is 6.79. The maximum Gasteiger partial charge on any atom is 0.180 e. The minimum Gasteiger partial charge on any atom is -0.512 e. The van der Waals surface area contributed by atoms with Gasteiger partial charge in [0.2, 0.25) is 0 Å². The van der Waals surface area contributed by atoms with Crippen LogP contribution in [0.25, 0.3) is 44.2 Å². The predicted octanol–water partition coefficient (Wildman–Crippen LogP) is 11.1. The number of benzene rings is 3. The number of aliphatic hydroxyl groups is 1. The van der Waals surface area contributed by atoms with Gasteiger partial charge >= 0.3 is 0 Å². The summed E-state index contributed by atoms with van der Waals surface area (Å²) in [6, 6.07) is 25.0. The van der Waals surface area contributed by atoms with Crippen molar-refractivity contribution in [3.63, 3.8) is 0 Å². The molecule has 5 aromatic rings. The number of aliphatic hydroxyl groups excluding tert-OH is 1. The Kier molecular flexibility index (Phi) is 13.7. The molecule has 0 saturated heterocycles. The van der Waals surface area contributed by atoms with E-state index in [1.54, 1.807) is 0 Å². The van der Waals surface area contributed by atoms with Crippen LogP contribution in [0.15, 0.2) is 78.7 Å². The molecule has 48 heavy (non-hydrogen) atoms. The standard InChI is InChI=1S/C28H26N3S.C13H24O2.Ir/c1-28(2,3)23-15-21(14-20-8-6-7-9-22(20)23)24-16-19(12-13-29-24)18-10-11-25-26(17-18)31(5)27(32)30(25)4;1-5-10(6-2)12(14)9-13(15)11(7-3)8-4;/h6-13,15-17H,1-5H3;9-11,14H,5-8H2,1-4H3;/q-1;;/b;12-9-;. The van der Waals surface area contributed by atoms with Crippen molar-refractivity contribution in [3.05, 3.63) is 95.1 Å². The molecule has 0 aliphatic rings. The molecule has 0 fully saturated rings. The van der Waals surface area contributed by atoms with Crippen molar-refractivity contribution in [1.82, 2.24) is 14.1 Å². The molecular formula is C41H50IrN3O2S-. The van der Waals surface area contributed by atoms with Gasteiger partial charge in [0.1, 0.15) is 0 Å². The van der Waals surface area contributed by atoms with Crippen LogP contribution in [0, 0.1) is 22.7 Å². The van der Waals surface area contributed by atoms with Crippen LogP contribution in [0.5, 0.6) is 0 Å². The first-order valence-electron chi connectivity index (χ1n) is 16.9. The Labute approximate surface area is 305 Å². The van der Waals surface area contributed by atoms with Crippen molar-refractivity contribution in [2.24, 2.45) is 25.9 Å². The second-order valence-corrected chi connectivity index (χ2v) is 13.8. The summed E-state index contributed by atoms with van der Waals surface area (Å²) in [4.78, 5) is 16.4. The Bertz CT molecular complexity index is 1960. The number of fused-ring (bicyclic) bond motifs is 2. The van der Waals surface area contributed by atoms with Crippen molar-refractivity contribution in [2.45, 2.75) is 79.6 Å². The molecule has 3 aromatic carbocycles. The van der Waals surface area contributed by atoms with Gasteiger partial charge in [-0.25, -0.2) is 0 Å². The largest absolute Gasteiger partial charge is 0.512 e. The van der Waals surface area contributed by atoms with Gasteiger partial charge in [-0.2, -0.15) is 0 Å². The average Bonchev–Trinajstić information content (AvgIpc) is 3.28. The summed E-state index contributed by atoms with van der Waals surface area (Å²) >= 11 is 5.53. The Morgan fingerprint density at radius 3 is 2.10 bits per heavy atom. The van der Waals surface area contributed by atoms with Crippen LogP contribution >= 0.6 is 12.2 Å². The van der Waals surface area contributed by atoms with Gasteiger partial charge in [-0.05, 0) is 72.6 Å². The van der Waals surface area contributed by atoms with Crippen LogP contribution in [0.2, 0.25) is 0 Å². The van der Waals surface area contributed by atoms with E-state index in [0.29, 0.717) is 0 Å². The molecule has 0 atom stereocenters. The number of allylic oxidation sites excluding steroid dienone is 2. The molecule has 5 rings (SSSR count). The summed E-state index contributed by atoms with van der Waals surface area (Å²) in [5.74, 6) is 0.547. The molecule has 0 bridgehead atoms. The molecule has 2 heterocycles. The van der Waals surface area contributed by atoms with Gasteiger partial charge in [-0.1, -0.05) is 89.7 Å². The number of rotatable bonds is 9. The topological polar surface area (TPSA) is 60.0 Å². The van der Waals surface area contributed by atoms with Crippen LogP contribution in [0.4, 0.5) is 0 Å². The third-order valence-electron chi connectivity index (χ3n) is 9.31. The molecule has 0 unspecified atom stereocenters. The fourth-order valence-corrected chi connectivity index (χ4v) is 6.41. The minimum absolute atomic E-state index is 0. The molecule has 0 spiro atoms. The van der Waals surface area contributed by atoms with E-state index in [1.807, 2.05) is 52.6 Å². The summed E-state index contributed by atoms with van der Waals surface area (Å²) in [7, 11) is 4.03. The van der Waals surface area contributed by atoms with E-state index in [-0.39, 0.29) is 48.9 Å². The SMILES string of the molecule is CCC(CC)C(=O)/C=C(\O)C(CC)CC.Cn1c(=S)n(C)c2cc(-c3ccnc(-c4[c-]c5ccccc5c(C(C)(C)C)c4)c3)ccc21.[Ir]. The molecule has 7 heteroatoms. The van der Waals surface area contributed by atoms with E-state index in [0.717, 1.165) is 69.3 Å². The number of aromatic nitrogens is 3. The summed E-state index contributed by atoms with van der Waals surface area (Å²) in [6.45, 7) is 14.8. The first-order valence-corrected chi connectivity index (χ1v) is 17.3. The van der Waals surface area contributed by atoms with E-state index < -0.39 is 0 Å². The molecular weight excluding hydrogens is 791 g/mol. The summed E-state index contributed by atoms with van der Waals surface area (Å²) in [5.41, 5.74) is 7.82. The number of pyridine rings is 1. The van der Waals surface area contributed by atoms with E-state index in [2.05, 4.69) is 92.1 Å². The molecule has 5 nitrogen and oxygen atoms in total. The molecule has 257 valence electrons. The molecule has 1 radical (unpaired) electrons. The average molecular weight is 841 g/mol. The van der Waals surface area contributed by atoms with Gasteiger partial charge in [0, 0.05) is 64.0 Å². The normalized spacial score (nSPS) is 11.9. The molecule has 0 amide bonds. The number of nitrogens with zero attached hydrogens (tertiary/aromatic N) is 3. The van der Waals surface area contributed by atoms with Gasteiger partial charge in [-0.15, -0.1) is 29.1 Å². The minimum atomic E-state index is 0. The van der Waals surface area contributed by atoms with Crippen LogP contribution < -0.4 is 0 Å². The fourth-order valence-electron chi connectivity index (χ4n) is 6.21. The van der Waals surface area contributed by atoms with Crippen molar-refractivity contribution < 1.29 is 30.0 Å². The molecule has 1 N–H and O–H groups in total. The van der Waals surface area contributed by atoms with Crippen LogP contribution in [0.1, 0.15) is 79.7 Å². The van der Waals surface area contributed by atoms with E-state index in [4.69, 9.17) is 17.2 Å². The first kappa shape index (κ1) is 39.1. The van der Waals surface area contributed by atoms with Gasteiger partial charge in [0.25, 0.3) is 0 Å². The fraction of sp³-hybridized carbons (Fsp3) is 0.390. The molecule has 0 aliphatic heterocycles. The van der Waals surface area contributed by atoms with Crippen molar-refractivity contribution >= 4 is 39.8 Å². The number of carbonyl (C=O) groups excluding carboxylic acids is 1. The summed E-state index contributed by atoms with van der Waals surface area (Å²) < 4.78 is 4.92. The van der Waals surface area contributed by atoms with Crippen molar-refractivity contribution in [1.29, 1.82) is 0 Å². The number of carbonyl (C=O) groups is 1. The van der Waals surface area contributed by atoms with Crippen LogP contribution in [0.3, 0.4) is 0 Å². The predicted molar refractivity (Wildman–Crippen MR) is 200 cm³/mol. The van der Waals surface area contributed by atoms with Gasteiger partial charge < -0.3 is 14.2 Å². The third kappa shape index (κ3) is 8.61. The van der Waals surface area contributed by atoms with E-state index >= 15 is 0 Å². The van der Waals surface area contributed by atoms with Gasteiger partial charge in [0.05, 0.1) is 16.8 Å². The maximum absolute atomic E-state index is 11.7. The van der Waals surface area contributed by atoms with Crippen molar-refractivity contribution in [3.8, 4) is 22.4 Å². The van der Waals surface area contributed by atoms with E-state index in [1.165, 1.54) is 17.0 Å². The molecule has 2 aromatic heterocycles. The molecule has 0 aliphatic carbocycles. The molecule has 0 saturated carbocycles. The number of hydrogen-bond donors (Lipinski definition) is 1. The third-order valence-corrected chi connectivity index (χ3v) is 9.85. The Hall–Kier alpha value is -3.38. The monoisotopic (exact) mass is 841 g/mol. The zero-order chi connectivity index (χ0) is 34.5. The Balaban J connectivity index is 0.000000334. The Morgan fingerprint density at radius 2 is 1.48 bits per heavy atom. The van der Waals surface area contributed by atoms with Gasteiger partial charge in [0.15, 0.2) is 10.6 Å². The van der Waals surface area contributed by atoms with E-state index in [9.17, 15) is 9.90 Å². The number of aryl methyl sites for hydroxylation is 2. The number of hydrogen-bond acceptors (Lipinski definition) is 4. The smallest absolute Gasteiger partial charge is 0.180 e. The Morgan fingerprint density at radius 1 is 0.875 bits per heavy atom. The zero-order valence-corrected chi connectivity index (χ0v) is 33.1. The second kappa shape index (κ2) is 16.8.